The van der Waals surface area contributed by atoms with E-state index < -0.39 is 6.04 Å². The maximum absolute atomic E-state index is 11.3. The van der Waals surface area contributed by atoms with Gasteiger partial charge in [0.15, 0.2) is 0 Å². The van der Waals surface area contributed by atoms with E-state index in [1.807, 2.05) is 0 Å². The monoisotopic (exact) mass is 243 g/mol. The van der Waals surface area contributed by atoms with E-state index in [2.05, 4.69) is 6.92 Å². The van der Waals surface area contributed by atoms with E-state index in [9.17, 15) is 4.79 Å². The van der Waals surface area contributed by atoms with E-state index in [1.54, 1.807) is 6.92 Å². The van der Waals surface area contributed by atoms with Gasteiger partial charge in [-0.25, -0.2) is 0 Å². The zero-order valence-electron chi connectivity index (χ0n) is 11.0. The molecule has 100 valence electrons. The number of hydrogen-bond donors (Lipinski definition) is 1. The average molecular weight is 243 g/mol. The second-order valence-electron chi connectivity index (χ2n) is 4.90. The van der Waals surface area contributed by atoms with Crippen molar-refractivity contribution >= 4 is 5.97 Å². The lowest BCUT2D eigenvalue weighted by molar-refractivity contribution is -0.145. The molecular weight excluding hydrogens is 218 g/mol. The first-order valence-electron chi connectivity index (χ1n) is 6.67. The minimum absolute atomic E-state index is 0.326. The Morgan fingerprint density at radius 1 is 1.35 bits per heavy atom. The Bertz CT molecular complexity index is 225. The molecule has 0 spiro atoms. The van der Waals surface area contributed by atoms with Crippen LogP contribution in [0.15, 0.2) is 0 Å². The summed E-state index contributed by atoms with van der Waals surface area (Å²) in [5, 5.41) is 0. The lowest BCUT2D eigenvalue weighted by Crippen LogP contribution is -2.34. The van der Waals surface area contributed by atoms with Crippen molar-refractivity contribution in [1.29, 1.82) is 0 Å². The van der Waals surface area contributed by atoms with Crippen molar-refractivity contribution in [3.05, 3.63) is 0 Å². The summed E-state index contributed by atoms with van der Waals surface area (Å²) in [7, 11) is 0. The molecule has 1 aliphatic carbocycles. The molecule has 0 aromatic carbocycles. The van der Waals surface area contributed by atoms with Crippen LogP contribution in [-0.2, 0) is 14.3 Å². The Kier molecular flexibility index (Phi) is 6.52. The van der Waals surface area contributed by atoms with Crippen molar-refractivity contribution in [3.63, 3.8) is 0 Å². The van der Waals surface area contributed by atoms with Crippen molar-refractivity contribution in [1.82, 2.24) is 0 Å². The molecule has 1 atom stereocenters. The minimum atomic E-state index is -0.544. The SMILES string of the molecule is CCOC(=O)C(N)CCOC1CCC(C)CC1. The summed E-state index contributed by atoms with van der Waals surface area (Å²) >= 11 is 0. The summed E-state index contributed by atoms with van der Waals surface area (Å²) in [5.74, 6) is 0.505. The summed E-state index contributed by atoms with van der Waals surface area (Å²) < 4.78 is 10.6. The van der Waals surface area contributed by atoms with Crippen LogP contribution >= 0.6 is 0 Å². The normalized spacial score (nSPS) is 26.5. The van der Waals surface area contributed by atoms with E-state index in [-0.39, 0.29) is 5.97 Å². The van der Waals surface area contributed by atoms with Crippen LogP contribution in [0.25, 0.3) is 0 Å². The Morgan fingerprint density at radius 2 is 2.00 bits per heavy atom. The summed E-state index contributed by atoms with van der Waals surface area (Å²) in [6.45, 7) is 5.00. The van der Waals surface area contributed by atoms with Crippen LogP contribution in [0.2, 0.25) is 0 Å². The summed E-state index contributed by atoms with van der Waals surface area (Å²) in [6, 6.07) is -0.544. The second-order valence-corrected chi connectivity index (χ2v) is 4.90. The molecule has 4 nitrogen and oxygen atoms in total. The van der Waals surface area contributed by atoms with Gasteiger partial charge in [0, 0.05) is 6.61 Å². The largest absolute Gasteiger partial charge is 0.465 e. The predicted molar refractivity (Wildman–Crippen MR) is 66.6 cm³/mol. The molecule has 17 heavy (non-hydrogen) atoms. The zero-order chi connectivity index (χ0) is 12.7. The molecule has 1 fully saturated rings. The Morgan fingerprint density at radius 3 is 2.59 bits per heavy atom. The predicted octanol–water partition coefficient (Wildman–Crippen LogP) is 1.86. The van der Waals surface area contributed by atoms with E-state index in [0.29, 0.717) is 25.7 Å². The van der Waals surface area contributed by atoms with Crippen molar-refractivity contribution in [2.75, 3.05) is 13.2 Å². The Labute approximate surface area is 104 Å². The first-order valence-corrected chi connectivity index (χ1v) is 6.67. The van der Waals surface area contributed by atoms with Gasteiger partial charge in [-0.3, -0.25) is 4.79 Å². The van der Waals surface area contributed by atoms with Gasteiger partial charge in [-0.2, -0.15) is 0 Å². The van der Waals surface area contributed by atoms with E-state index in [1.165, 1.54) is 12.8 Å². The molecule has 1 aliphatic rings. The first-order chi connectivity index (χ1) is 8.13. The van der Waals surface area contributed by atoms with Crippen LogP contribution in [-0.4, -0.2) is 31.3 Å². The van der Waals surface area contributed by atoms with Crippen LogP contribution < -0.4 is 5.73 Å². The minimum Gasteiger partial charge on any atom is -0.465 e. The molecule has 4 heteroatoms. The Balaban J connectivity index is 2.09. The van der Waals surface area contributed by atoms with Crippen LogP contribution in [0.1, 0.15) is 46.0 Å². The van der Waals surface area contributed by atoms with Gasteiger partial charge in [-0.15, -0.1) is 0 Å². The fourth-order valence-corrected chi connectivity index (χ4v) is 2.12. The standard InChI is InChI=1S/C13H25NO3/c1-3-16-13(15)12(14)8-9-17-11-6-4-10(2)5-7-11/h10-12H,3-9,14H2,1-2H3. The molecule has 0 bridgehead atoms. The van der Waals surface area contributed by atoms with Gasteiger partial charge < -0.3 is 15.2 Å². The zero-order valence-corrected chi connectivity index (χ0v) is 11.0. The molecular formula is C13H25NO3. The highest BCUT2D eigenvalue weighted by molar-refractivity contribution is 5.75. The average Bonchev–Trinajstić information content (AvgIpc) is 2.32. The molecule has 0 heterocycles. The molecule has 1 saturated carbocycles. The van der Waals surface area contributed by atoms with Gasteiger partial charge in [-0.05, 0) is 44.9 Å². The summed E-state index contributed by atoms with van der Waals surface area (Å²) in [5.41, 5.74) is 5.69. The maximum atomic E-state index is 11.3. The number of hydrogen-bond acceptors (Lipinski definition) is 4. The second kappa shape index (κ2) is 7.67. The molecule has 2 N–H and O–H groups in total. The van der Waals surface area contributed by atoms with Gasteiger partial charge in [0.05, 0.1) is 12.7 Å². The van der Waals surface area contributed by atoms with Gasteiger partial charge in [0.2, 0.25) is 0 Å². The highest BCUT2D eigenvalue weighted by Gasteiger charge is 2.20. The van der Waals surface area contributed by atoms with Gasteiger partial charge in [0.1, 0.15) is 6.04 Å². The molecule has 0 amide bonds. The lowest BCUT2D eigenvalue weighted by Gasteiger charge is -2.26. The molecule has 0 radical (unpaired) electrons. The molecule has 1 unspecified atom stereocenters. The lowest BCUT2D eigenvalue weighted by atomic mass is 9.89. The summed E-state index contributed by atoms with van der Waals surface area (Å²) in [6.07, 6.45) is 5.67. The van der Waals surface area contributed by atoms with Gasteiger partial charge >= 0.3 is 5.97 Å². The van der Waals surface area contributed by atoms with Crippen LogP contribution in [0.5, 0.6) is 0 Å². The first kappa shape index (κ1) is 14.5. The van der Waals surface area contributed by atoms with Crippen LogP contribution in [0, 0.1) is 5.92 Å². The number of nitrogens with two attached hydrogens (primary N) is 1. The molecule has 0 aromatic heterocycles. The highest BCUT2D eigenvalue weighted by atomic mass is 16.5. The fraction of sp³-hybridized carbons (Fsp3) is 0.923. The third-order valence-electron chi connectivity index (χ3n) is 3.33. The molecule has 0 saturated heterocycles. The topological polar surface area (TPSA) is 61.5 Å². The molecule has 0 aliphatic heterocycles. The van der Waals surface area contributed by atoms with Crippen LogP contribution in [0.4, 0.5) is 0 Å². The fourth-order valence-electron chi connectivity index (χ4n) is 2.12. The van der Waals surface area contributed by atoms with Crippen LogP contribution in [0.3, 0.4) is 0 Å². The van der Waals surface area contributed by atoms with Crippen molar-refractivity contribution in [2.24, 2.45) is 11.7 Å². The third kappa shape index (κ3) is 5.50. The number of esters is 1. The van der Waals surface area contributed by atoms with E-state index in [0.717, 1.165) is 18.8 Å². The number of ether oxygens (including phenoxy) is 2. The smallest absolute Gasteiger partial charge is 0.322 e. The van der Waals surface area contributed by atoms with Crippen molar-refractivity contribution in [2.45, 2.75) is 58.1 Å². The van der Waals surface area contributed by atoms with Gasteiger partial charge in [-0.1, -0.05) is 6.92 Å². The number of carbonyl (C=O) groups is 1. The molecule has 1 rings (SSSR count). The number of rotatable bonds is 6. The van der Waals surface area contributed by atoms with Crippen molar-refractivity contribution in [3.8, 4) is 0 Å². The highest BCUT2D eigenvalue weighted by Crippen LogP contribution is 2.25. The van der Waals surface area contributed by atoms with E-state index >= 15 is 0 Å². The van der Waals surface area contributed by atoms with E-state index in [4.69, 9.17) is 15.2 Å². The maximum Gasteiger partial charge on any atom is 0.322 e. The van der Waals surface area contributed by atoms with Crippen molar-refractivity contribution < 1.29 is 14.3 Å². The molecule has 0 aromatic rings. The quantitative estimate of drug-likeness (QED) is 0.723. The summed E-state index contributed by atoms with van der Waals surface area (Å²) in [4.78, 5) is 11.3. The van der Waals surface area contributed by atoms with Gasteiger partial charge in [0.25, 0.3) is 0 Å². The number of carbonyl (C=O) groups excluding carboxylic acids is 1. The Hall–Kier alpha value is -0.610. The third-order valence-corrected chi connectivity index (χ3v) is 3.33.